The van der Waals surface area contributed by atoms with Crippen LogP contribution in [-0.2, 0) is 11.3 Å². The third-order valence-electron chi connectivity index (χ3n) is 3.10. The van der Waals surface area contributed by atoms with Gasteiger partial charge < -0.3 is 5.32 Å². The number of carbonyl (C=O) groups is 2. The molecule has 1 saturated heterocycles. The number of halogens is 1. The molecule has 1 aromatic rings. The number of imide groups is 1. The third kappa shape index (κ3) is 2.92. The molecule has 0 radical (unpaired) electrons. The molecule has 0 saturated carbocycles. The summed E-state index contributed by atoms with van der Waals surface area (Å²) in [5, 5.41) is 2.64. The fourth-order valence-corrected chi connectivity index (χ4v) is 2.15. The largest absolute Gasteiger partial charge is 0.326 e. The molecule has 1 unspecified atom stereocenters. The first-order valence-corrected chi connectivity index (χ1v) is 6.34. The zero-order valence-corrected chi connectivity index (χ0v) is 11.0. The summed E-state index contributed by atoms with van der Waals surface area (Å²) in [5.74, 6) is -0.375. The number of nitrogens with one attached hydrogen (secondary N) is 1. The zero-order valence-electron chi connectivity index (χ0n) is 11.0. The molecule has 19 heavy (non-hydrogen) atoms. The summed E-state index contributed by atoms with van der Waals surface area (Å²) in [6, 6.07) is 5.22. The average Bonchev–Trinajstić information content (AvgIpc) is 2.59. The minimum atomic E-state index is -0.487. The van der Waals surface area contributed by atoms with Crippen LogP contribution in [0.1, 0.15) is 25.8 Å². The number of amides is 3. The molecule has 1 fully saturated rings. The Balaban J connectivity index is 2.11. The minimum absolute atomic E-state index is 0.0219. The molecule has 0 bridgehead atoms. The Labute approximate surface area is 111 Å². The minimum Gasteiger partial charge on any atom is -0.326 e. The second-order valence-electron chi connectivity index (χ2n) is 5.15. The molecular weight excluding hydrogens is 247 g/mol. The summed E-state index contributed by atoms with van der Waals surface area (Å²) in [5.41, 5.74) is 0.344. The Morgan fingerprint density at radius 3 is 2.63 bits per heavy atom. The van der Waals surface area contributed by atoms with Crippen molar-refractivity contribution in [3.8, 4) is 0 Å². The number of benzene rings is 1. The highest BCUT2D eigenvalue weighted by Gasteiger charge is 2.38. The Bertz CT molecular complexity index is 502. The Hall–Kier alpha value is -1.91. The second kappa shape index (κ2) is 5.38. The van der Waals surface area contributed by atoms with Gasteiger partial charge in [-0.1, -0.05) is 32.0 Å². The van der Waals surface area contributed by atoms with E-state index in [0.29, 0.717) is 17.9 Å². The van der Waals surface area contributed by atoms with E-state index in [9.17, 15) is 14.0 Å². The second-order valence-corrected chi connectivity index (χ2v) is 5.15. The molecule has 1 aliphatic rings. The van der Waals surface area contributed by atoms with Crippen LogP contribution in [0, 0.1) is 11.7 Å². The molecular formula is C14H17FN2O2. The van der Waals surface area contributed by atoms with Crippen LogP contribution in [0.15, 0.2) is 24.3 Å². The zero-order chi connectivity index (χ0) is 14.0. The predicted molar refractivity (Wildman–Crippen MR) is 68.7 cm³/mol. The quantitative estimate of drug-likeness (QED) is 0.848. The molecule has 5 heteroatoms. The van der Waals surface area contributed by atoms with Crippen molar-refractivity contribution in [2.24, 2.45) is 5.92 Å². The first kappa shape index (κ1) is 13.5. The third-order valence-corrected chi connectivity index (χ3v) is 3.10. The summed E-state index contributed by atoms with van der Waals surface area (Å²) >= 11 is 0. The molecule has 0 spiro atoms. The van der Waals surface area contributed by atoms with Crippen LogP contribution in [-0.4, -0.2) is 22.9 Å². The van der Waals surface area contributed by atoms with Crippen molar-refractivity contribution in [1.82, 2.24) is 10.2 Å². The lowest BCUT2D eigenvalue weighted by molar-refractivity contribution is -0.128. The Kier molecular flexibility index (Phi) is 3.83. The normalized spacial score (nSPS) is 19.2. The number of carbonyl (C=O) groups excluding carboxylic acids is 2. The first-order valence-electron chi connectivity index (χ1n) is 6.34. The highest BCUT2D eigenvalue weighted by Crippen LogP contribution is 2.18. The van der Waals surface area contributed by atoms with Crippen LogP contribution in [0.25, 0.3) is 0 Å². The van der Waals surface area contributed by atoms with Crippen molar-refractivity contribution < 1.29 is 14.0 Å². The smallest absolute Gasteiger partial charge is 0.325 e. The fourth-order valence-electron chi connectivity index (χ4n) is 2.15. The maximum absolute atomic E-state index is 13.5. The topological polar surface area (TPSA) is 49.4 Å². The van der Waals surface area contributed by atoms with E-state index >= 15 is 0 Å². The maximum Gasteiger partial charge on any atom is 0.325 e. The van der Waals surface area contributed by atoms with E-state index in [4.69, 9.17) is 0 Å². The van der Waals surface area contributed by atoms with Gasteiger partial charge in [-0.05, 0) is 18.4 Å². The SMILES string of the molecule is CC(C)CC1NC(=O)N(Cc2ccccc2F)C1=O. The van der Waals surface area contributed by atoms with E-state index in [0.717, 1.165) is 4.90 Å². The molecule has 0 aliphatic carbocycles. The van der Waals surface area contributed by atoms with E-state index in [-0.39, 0.29) is 12.5 Å². The van der Waals surface area contributed by atoms with E-state index in [1.54, 1.807) is 18.2 Å². The molecule has 102 valence electrons. The van der Waals surface area contributed by atoms with Gasteiger partial charge in [-0.15, -0.1) is 0 Å². The van der Waals surface area contributed by atoms with Crippen molar-refractivity contribution in [3.05, 3.63) is 35.6 Å². The number of hydrogen-bond acceptors (Lipinski definition) is 2. The van der Waals surface area contributed by atoms with Crippen molar-refractivity contribution >= 4 is 11.9 Å². The lowest BCUT2D eigenvalue weighted by atomic mass is 10.0. The number of urea groups is 1. The van der Waals surface area contributed by atoms with Crippen molar-refractivity contribution in [2.45, 2.75) is 32.9 Å². The average molecular weight is 264 g/mol. The van der Waals surface area contributed by atoms with Crippen LogP contribution < -0.4 is 5.32 Å². The molecule has 1 aromatic carbocycles. The van der Waals surface area contributed by atoms with Gasteiger partial charge >= 0.3 is 6.03 Å². The lowest BCUT2D eigenvalue weighted by Gasteiger charge is -2.14. The van der Waals surface area contributed by atoms with Gasteiger partial charge in [0.05, 0.1) is 6.54 Å². The fraction of sp³-hybridized carbons (Fsp3) is 0.429. The van der Waals surface area contributed by atoms with Crippen molar-refractivity contribution in [3.63, 3.8) is 0 Å². The van der Waals surface area contributed by atoms with E-state index < -0.39 is 17.9 Å². The molecule has 4 nitrogen and oxygen atoms in total. The molecule has 2 rings (SSSR count). The summed E-state index contributed by atoms with van der Waals surface area (Å²) in [6.45, 7) is 3.95. The number of nitrogens with zero attached hydrogens (tertiary/aromatic N) is 1. The van der Waals surface area contributed by atoms with Crippen molar-refractivity contribution in [2.75, 3.05) is 0 Å². The van der Waals surface area contributed by atoms with Crippen molar-refractivity contribution in [1.29, 1.82) is 0 Å². The van der Waals surface area contributed by atoms with Crippen LogP contribution in [0.4, 0.5) is 9.18 Å². The number of rotatable bonds is 4. The van der Waals surface area contributed by atoms with Crippen LogP contribution in [0.3, 0.4) is 0 Å². The van der Waals surface area contributed by atoms with Crippen LogP contribution in [0.2, 0.25) is 0 Å². The molecule has 3 amide bonds. The molecule has 1 aliphatic heterocycles. The summed E-state index contributed by atoms with van der Waals surface area (Å²) in [6.07, 6.45) is 0.596. The van der Waals surface area contributed by atoms with E-state index in [2.05, 4.69) is 5.32 Å². The predicted octanol–water partition coefficient (Wildman–Crippen LogP) is 2.29. The monoisotopic (exact) mass is 264 g/mol. The van der Waals surface area contributed by atoms with Gasteiger partial charge in [-0.25, -0.2) is 9.18 Å². The highest BCUT2D eigenvalue weighted by molar-refractivity contribution is 6.04. The Morgan fingerprint density at radius 1 is 1.32 bits per heavy atom. The first-order chi connectivity index (χ1) is 8.99. The van der Waals surface area contributed by atoms with Gasteiger partial charge in [0.1, 0.15) is 11.9 Å². The van der Waals surface area contributed by atoms with Gasteiger partial charge in [0, 0.05) is 5.56 Å². The maximum atomic E-state index is 13.5. The molecule has 1 N–H and O–H groups in total. The van der Waals surface area contributed by atoms with Gasteiger partial charge in [-0.3, -0.25) is 9.69 Å². The van der Waals surface area contributed by atoms with Crippen LogP contribution in [0.5, 0.6) is 0 Å². The Morgan fingerprint density at radius 2 is 2.00 bits per heavy atom. The summed E-state index contributed by atoms with van der Waals surface area (Å²) in [7, 11) is 0. The number of hydrogen-bond donors (Lipinski definition) is 1. The van der Waals surface area contributed by atoms with E-state index in [1.165, 1.54) is 6.07 Å². The van der Waals surface area contributed by atoms with Crippen LogP contribution >= 0.6 is 0 Å². The summed E-state index contributed by atoms with van der Waals surface area (Å²) < 4.78 is 13.5. The standard InChI is InChI=1S/C14H17FN2O2/c1-9(2)7-12-13(18)17(14(19)16-12)8-10-5-3-4-6-11(10)15/h3-6,9,12H,7-8H2,1-2H3,(H,16,19). The molecule has 0 aromatic heterocycles. The molecule has 1 atom stereocenters. The lowest BCUT2D eigenvalue weighted by Crippen LogP contribution is -2.31. The van der Waals surface area contributed by atoms with Gasteiger partial charge in [0.15, 0.2) is 0 Å². The summed E-state index contributed by atoms with van der Waals surface area (Å²) in [4.78, 5) is 24.9. The van der Waals surface area contributed by atoms with E-state index in [1.807, 2.05) is 13.8 Å². The van der Waals surface area contributed by atoms with Gasteiger partial charge in [0.25, 0.3) is 5.91 Å². The highest BCUT2D eigenvalue weighted by atomic mass is 19.1. The van der Waals surface area contributed by atoms with Gasteiger partial charge in [0.2, 0.25) is 0 Å². The van der Waals surface area contributed by atoms with Gasteiger partial charge in [-0.2, -0.15) is 0 Å². The molecule has 1 heterocycles.